The maximum atomic E-state index is 13.1. The van der Waals surface area contributed by atoms with Crippen molar-refractivity contribution in [3.05, 3.63) is 71.8 Å². The van der Waals surface area contributed by atoms with E-state index in [-0.39, 0.29) is 18.2 Å². The van der Waals surface area contributed by atoms with Crippen molar-refractivity contribution in [2.45, 2.75) is 51.6 Å². The molecule has 0 radical (unpaired) electrons. The number of likely N-dealkylation sites (tertiary alicyclic amines) is 1. The van der Waals surface area contributed by atoms with Gasteiger partial charge in [-0.05, 0) is 38.9 Å². The molecule has 1 amide bonds. The maximum Gasteiger partial charge on any atom is 0.410 e. The molecule has 37 heavy (non-hydrogen) atoms. The lowest BCUT2D eigenvalue weighted by Crippen LogP contribution is -2.47. The topological polar surface area (TPSA) is 48.5 Å². The molecular weight excluding hydrogens is 464 g/mol. The van der Waals surface area contributed by atoms with Crippen molar-refractivity contribution in [3.8, 4) is 0 Å². The largest absolute Gasteiger partial charge is 0.444 e. The van der Waals surface area contributed by atoms with E-state index >= 15 is 0 Å². The molecule has 7 nitrogen and oxygen atoms in total. The zero-order chi connectivity index (χ0) is 26.3. The van der Waals surface area contributed by atoms with Gasteiger partial charge in [0.1, 0.15) is 5.60 Å². The van der Waals surface area contributed by atoms with E-state index in [2.05, 4.69) is 82.4 Å². The molecule has 0 bridgehead atoms. The lowest BCUT2D eigenvalue weighted by atomic mass is 10.1. The summed E-state index contributed by atoms with van der Waals surface area (Å²) >= 11 is 0. The second kappa shape index (κ2) is 12.9. The quantitative estimate of drug-likeness (QED) is 0.512. The third-order valence-corrected chi connectivity index (χ3v) is 7.15. The maximum absolute atomic E-state index is 13.1. The Kier molecular flexibility index (Phi) is 9.60. The van der Waals surface area contributed by atoms with Crippen LogP contribution in [0.3, 0.4) is 0 Å². The number of carbonyl (C=O) groups is 1. The monoisotopic (exact) mass is 508 g/mol. The zero-order valence-electron chi connectivity index (χ0n) is 23.0. The molecule has 2 aromatic rings. The smallest absolute Gasteiger partial charge is 0.410 e. The Morgan fingerprint density at radius 2 is 1.46 bits per heavy atom. The first-order chi connectivity index (χ1) is 17.8. The molecule has 0 spiro atoms. The van der Waals surface area contributed by atoms with Crippen LogP contribution in [0.15, 0.2) is 60.7 Å². The number of piperazine rings is 1. The van der Waals surface area contributed by atoms with Gasteiger partial charge >= 0.3 is 6.09 Å². The van der Waals surface area contributed by atoms with E-state index in [1.165, 1.54) is 11.1 Å². The first-order valence-corrected chi connectivity index (χ1v) is 13.6. The fourth-order valence-electron chi connectivity index (χ4n) is 5.08. The summed E-state index contributed by atoms with van der Waals surface area (Å²) in [5.74, 6) is 0. The van der Waals surface area contributed by atoms with Crippen molar-refractivity contribution in [2.24, 2.45) is 0 Å². The van der Waals surface area contributed by atoms with Crippen LogP contribution in [-0.2, 0) is 22.6 Å². The van der Waals surface area contributed by atoms with Crippen LogP contribution < -0.4 is 0 Å². The molecule has 2 saturated heterocycles. The van der Waals surface area contributed by atoms with Crippen molar-refractivity contribution in [1.29, 1.82) is 0 Å². The van der Waals surface area contributed by atoms with Crippen LogP contribution in [0.5, 0.6) is 0 Å². The molecule has 2 aliphatic rings. The third-order valence-electron chi connectivity index (χ3n) is 7.15. The van der Waals surface area contributed by atoms with Crippen molar-refractivity contribution in [3.63, 3.8) is 0 Å². The Hall–Kier alpha value is -2.45. The number of likely N-dealkylation sites (N-methyl/N-ethyl adjacent to an activating group) is 1. The first kappa shape index (κ1) is 27.6. The Labute approximate surface area is 222 Å². The van der Waals surface area contributed by atoms with Crippen LogP contribution in [0.4, 0.5) is 4.79 Å². The molecular formula is C30H44N4O3. The second-order valence-corrected chi connectivity index (χ2v) is 11.4. The lowest BCUT2D eigenvalue weighted by molar-refractivity contribution is -0.00855. The van der Waals surface area contributed by atoms with Crippen LogP contribution in [-0.4, -0.2) is 103 Å². The second-order valence-electron chi connectivity index (χ2n) is 11.4. The molecule has 2 heterocycles. The molecule has 7 heteroatoms. The van der Waals surface area contributed by atoms with E-state index in [9.17, 15) is 4.79 Å². The minimum absolute atomic E-state index is 0.0698. The number of ether oxygens (including phenoxy) is 2. The number of hydrogen-bond donors (Lipinski definition) is 0. The average molecular weight is 509 g/mol. The van der Waals surface area contributed by atoms with Gasteiger partial charge in [-0.1, -0.05) is 60.7 Å². The molecule has 202 valence electrons. The lowest BCUT2D eigenvalue weighted by Gasteiger charge is -2.34. The fourth-order valence-corrected chi connectivity index (χ4v) is 5.08. The van der Waals surface area contributed by atoms with Gasteiger partial charge in [-0.2, -0.15) is 0 Å². The van der Waals surface area contributed by atoms with Gasteiger partial charge in [0.25, 0.3) is 0 Å². The number of hydrogen-bond acceptors (Lipinski definition) is 6. The minimum atomic E-state index is -0.527. The molecule has 2 aromatic carbocycles. The van der Waals surface area contributed by atoms with Crippen LogP contribution in [0, 0.1) is 0 Å². The highest BCUT2D eigenvalue weighted by molar-refractivity contribution is 5.68. The summed E-state index contributed by atoms with van der Waals surface area (Å²) < 4.78 is 12.3. The number of carbonyl (C=O) groups excluding carboxylic acids is 1. The summed E-state index contributed by atoms with van der Waals surface area (Å²) in [7, 11) is 2.18. The Morgan fingerprint density at radius 3 is 2.00 bits per heavy atom. The van der Waals surface area contributed by atoms with Gasteiger partial charge in [0, 0.05) is 52.4 Å². The molecule has 2 aliphatic heterocycles. The Balaban J connectivity index is 1.49. The number of rotatable bonds is 9. The predicted octanol–water partition coefficient (Wildman–Crippen LogP) is 3.94. The molecule has 0 aromatic heterocycles. The average Bonchev–Trinajstić information content (AvgIpc) is 3.30. The SMILES string of the molecule is CN1CCN(CCO[C@@H]2CN(C(=O)OC(C)(C)C)C[C@H]2N(Cc2ccccc2)Cc2ccccc2)CC1. The van der Waals surface area contributed by atoms with Gasteiger partial charge in [-0.3, -0.25) is 9.80 Å². The highest BCUT2D eigenvalue weighted by atomic mass is 16.6. The van der Waals surface area contributed by atoms with Crippen LogP contribution in [0.1, 0.15) is 31.9 Å². The highest BCUT2D eigenvalue weighted by Gasteiger charge is 2.41. The number of amides is 1. The first-order valence-electron chi connectivity index (χ1n) is 13.6. The third kappa shape index (κ3) is 8.54. The summed E-state index contributed by atoms with van der Waals surface area (Å²) in [6, 6.07) is 21.2. The fraction of sp³-hybridized carbons (Fsp3) is 0.567. The van der Waals surface area contributed by atoms with Crippen molar-refractivity contribution < 1.29 is 14.3 Å². The van der Waals surface area contributed by atoms with E-state index in [4.69, 9.17) is 9.47 Å². The predicted molar refractivity (Wildman–Crippen MR) is 147 cm³/mol. The van der Waals surface area contributed by atoms with Crippen molar-refractivity contribution in [1.82, 2.24) is 19.6 Å². The standard InChI is InChI=1S/C30H44N4O3/c1-30(2,3)37-29(35)34-23-27(28(24-34)36-20-19-32-17-15-31(4)16-18-32)33(21-25-11-7-5-8-12-25)22-26-13-9-6-10-14-26/h5-14,27-28H,15-24H2,1-4H3/t27-,28-/m1/s1. The van der Waals surface area contributed by atoms with Crippen molar-refractivity contribution in [2.75, 3.05) is 59.5 Å². The Morgan fingerprint density at radius 1 is 0.892 bits per heavy atom. The van der Waals surface area contributed by atoms with Gasteiger partial charge in [-0.25, -0.2) is 4.79 Å². The molecule has 4 rings (SSSR count). The molecule has 0 unspecified atom stereocenters. The number of nitrogens with zero attached hydrogens (tertiary/aromatic N) is 4. The van der Waals surface area contributed by atoms with E-state index in [1.54, 1.807) is 0 Å². The summed E-state index contributed by atoms with van der Waals surface area (Å²) in [6.45, 7) is 14.4. The molecule has 0 aliphatic carbocycles. The van der Waals surface area contributed by atoms with E-state index in [0.717, 1.165) is 45.8 Å². The number of benzene rings is 2. The van der Waals surface area contributed by atoms with Gasteiger partial charge in [0.2, 0.25) is 0 Å². The van der Waals surface area contributed by atoms with Gasteiger partial charge < -0.3 is 19.3 Å². The molecule has 0 N–H and O–H groups in total. The van der Waals surface area contributed by atoms with E-state index < -0.39 is 5.60 Å². The summed E-state index contributed by atoms with van der Waals surface area (Å²) in [4.78, 5) is 22.2. The highest BCUT2D eigenvalue weighted by Crippen LogP contribution is 2.25. The van der Waals surface area contributed by atoms with Gasteiger partial charge in [0.15, 0.2) is 0 Å². The molecule has 2 fully saturated rings. The summed E-state index contributed by atoms with van der Waals surface area (Å²) in [5.41, 5.74) is 1.98. The summed E-state index contributed by atoms with van der Waals surface area (Å²) in [5, 5.41) is 0. The van der Waals surface area contributed by atoms with Crippen LogP contribution in [0.2, 0.25) is 0 Å². The normalized spacial score (nSPS) is 21.5. The van der Waals surface area contributed by atoms with Crippen LogP contribution in [0.25, 0.3) is 0 Å². The molecule has 2 atom stereocenters. The van der Waals surface area contributed by atoms with E-state index in [1.807, 2.05) is 25.7 Å². The van der Waals surface area contributed by atoms with Crippen LogP contribution >= 0.6 is 0 Å². The Bertz CT molecular complexity index is 916. The van der Waals surface area contributed by atoms with Gasteiger partial charge in [-0.15, -0.1) is 0 Å². The summed E-state index contributed by atoms with van der Waals surface area (Å²) in [6.07, 6.45) is -0.338. The molecule has 0 saturated carbocycles. The van der Waals surface area contributed by atoms with E-state index in [0.29, 0.717) is 19.7 Å². The van der Waals surface area contributed by atoms with Crippen molar-refractivity contribution >= 4 is 6.09 Å². The zero-order valence-corrected chi connectivity index (χ0v) is 23.0. The minimum Gasteiger partial charge on any atom is -0.444 e. The van der Waals surface area contributed by atoms with Gasteiger partial charge in [0.05, 0.1) is 25.3 Å².